The van der Waals surface area contributed by atoms with Crippen LogP contribution in [0.4, 0.5) is 0 Å². The van der Waals surface area contributed by atoms with Crippen molar-refractivity contribution in [2.75, 3.05) is 45.9 Å². The highest BCUT2D eigenvalue weighted by Crippen LogP contribution is 2.39. The van der Waals surface area contributed by atoms with Crippen LogP contribution in [0.3, 0.4) is 0 Å². The van der Waals surface area contributed by atoms with Crippen molar-refractivity contribution in [3.05, 3.63) is 0 Å². The number of hydrogen-bond acceptors (Lipinski definition) is 3. The van der Waals surface area contributed by atoms with Crippen LogP contribution in [0.2, 0.25) is 0 Å². The first-order valence-electron chi connectivity index (χ1n) is 11.6. The SMILES string of the molecule is CCNC(=NCC1(CCO)CCCCC1)NCCCCCN1CCCCC1. The third-order valence-corrected chi connectivity index (χ3v) is 6.37. The Bertz CT molecular complexity index is 396. The molecule has 0 amide bonds. The molecule has 0 bridgehead atoms. The number of nitrogens with zero attached hydrogens (tertiary/aromatic N) is 2. The maximum absolute atomic E-state index is 9.49. The highest BCUT2D eigenvalue weighted by atomic mass is 16.3. The summed E-state index contributed by atoms with van der Waals surface area (Å²) in [5.41, 5.74) is 0.226. The first kappa shape index (κ1) is 22.5. The molecule has 2 fully saturated rings. The monoisotopic (exact) mass is 380 g/mol. The minimum atomic E-state index is 0.226. The molecule has 3 N–H and O–H groups in total. The van der Waals surface area contributed by atoms with E-state index >= 15 is 0 Å². The summed E-state index contributed by atoms with van der Waals surface area (Å²) in [5, 5.41) is 16.4. The largest absolute Gasteiger partial charge is 0.396 e. The van der Waals surface area contributed by atoms with Gasteiger partial charge >= 0.3 is 0 Å². The average molecular weight is 381 g/mol. The molecule has 0 aromatic heterocycles. The molecule has 1 heterocycles. The van der Waals surface area contributed by atoms with E-state index in [-0.39, 0.29) is 12.0 Å². The molecule has 0 atom stereocenters. The fraction of sp³-hybridized carbons (Fsp3) is 0.955. The van der Waals surface area contributed by atoms with Crippen LogP contribution in [0.15, 0.2) is 4.99 Å². The van der Waals surface area contributed by atoms with Crippen LogP contribution >= 0.6 is 0 Å². The number of aliphatic imine (C=N–C) groups is 1. The van der Waals surface area contributed by atoms with Crippen molar-refractivity contribution in [1.29, 1.82) is 0 Å². The van der Waals surface area contributed by atoms with Gasteiger partial charge in [0, 0.05) is 26.2 Å². The van der Waals surface area contributed by atoms with E-state index < -0.39 is 0 Å². The molecular weight excluding hydrogens is 336 g/mol. The Balaban J connectivity index is 1.66. The van der Waals surface area contributed by atoms with Gasteiger partial charge in [0.2, 0.25) is 0 Å². The Morgan fingerprint density at radius 3 is 2.41 bits per heavy atom. The predicted octanol–water partition coefficient (Wildman–Crippen LogP) is 3.53. The molecular formula is C22H44N4O. The average Bonchev–Trinajstić information content (AvgIpc) is 2.70. The zero-order valence-corrected chi connectivity index (χ0v) is 17.8. The normalized spacial score (nSPS) is 21.2. The van der Waals surface area contributed by atoms with Gasteiger partial charge in [0.1, 0.15) is 0 Å². The number of piperidine rings is 1. The fourth-order valence-corrected chi connectivity index (χ4v) is 4.64. The van der Waals surface area contributed by atoms with Crippen molar-refractivity contribution in [3.8, 4) is 0 Å². The topological polar surface area (TPSA) is 59.9 Å². The van der Waals surface area contributed by atoms with E-state index in [1.807, 2.05) is 0 Å². The first-order chi connectivity index (χ1) is 13.3. The van der Waals surface area contributed by atoms with Crippen molar-refractivity contribution >= 4 is 5.96 Å². The van der Waals surface area contributed by atoms with E-state index in [1.165, 1.54) is 90.3 Å². The standard InChI is InChI=1S/C22H44N4O/c1-2-23-21(25-20-22(14-19-27)12-6-3-7-13-22)24-15-8-4-9-16-26-17-10-5-11-18-26/h27H,2-20H2,1H3,(H2,23,24,25). The summed E-state index contributed by atoms with van der Waals surface area (Å²) in [6.45, 7) is 9.05. The van der Waals surface area contributed by atoms with Crippen molar-refractivity contribution in [3.63, 3.8) is 0 Å². The number of nitrogens with one attached hydrogen (secondary N) is 2. The zero-order chi connectivity index (χ0) is 19.2. The summed E-state index contributed by atoms with van der Waals surface area (Å²) < 4.78 is 0. The van der Waals surface area contributed by atoms with Gasteiger partial charge in [0.25, 0.3) is 0 Å². The van der Waals surface area contributed by atoms with Crippen LogP contribution < -0.4 is 10.6 Å². The number of aliphatic hydroxyl groups excluding tert-OH is 1. The molecule has 2 rings (SSSR count). The van der Waals surface area contributed by atoms with E-state index in [1.54, 1.807) is 0 Å². The van der Waals surface area contributed by atoms with E-state index in [4.69, 9.17) is 4.99 Å². The Labute approximate surface area is 167 Å². The molecule has 0 radical (unpaired) electrons. The molecule has 1 aliphatic carbocycles. The minimum Gasteiger partial charge on any atom is -0.396 e. The molecule has 5 heteroatoms. The molecule has 0 unspecified atom stereocenters. The second-order valence-electron chi connectivity index (χ2n) is 8.62. The number of rotatable bonds is 11. The summed E-state index contributed by atoms with van der Waals surface area (Å²) in [7, 11) is 0. The number of guanidine groups is 1. The summed E-state index contributed by atoms with van der Waals surface area (Å²) >= 11 is 0. The van der Waals surface area contributed by atoms with Gasteiger partial charge in [0.05, 0.1) is 0 Å². The molecule has 2 aliphatic rings. The van der Waals surface area contributed by atoms with Crippen LogP contribution in [0, 0.1) is 5.41 Å². The molecule has 1 aliphatic heterocycles. The van der Waals surface area contributed by atoms with Gasteiger partial charge in [-0.3, -0.25) is 4.99 Å². The van der Waals surface area contributed by atoms with Gasteiger partial charge in [0.15, 0.2) is 5.96 Å². The van der Waals surface area contributed by atoms with Gasteiger partial charge in [-0.15, -0.1) is 0 Å². The van der Waals surface area contributed by atoms with Crippen LogP contribution in [-0.2, 0) is 0 Å². The highest BCUT2D eigenvalue weighted by Gasteiger charge is 2.31. The van der Waals surface area contributed by atoms with Crippen molar-refractivity contribution < 1.29 is 5.11 Å². The molecule has 1 saturated heterocycles. The van der Waals surface area contributed by atoms with Gasteiger partial charge in [-0.05, 0) is 76.9 Å². The van der Waals surface area contributed by atoms with E-state index in [0.717, 1.165) is 32.0 Å². The Hall–Kier alpha value is -0.810. The molecule has 0 aromatic rings. The lowest BCUT2D eigenvalue weighted by Gasteiger charge is -2.35. The highest BCUT2D eigenvalue weighted by molar-refractivity contribution is 5.79. The summed E-state index contributed by atoms with van der Waals surface area (Å²) in [4.78, 5) is 7.53. The molecule has 0 aromatic carbocycles. The maximum Gasteiger partial charge on any atom is 0.191 e. The number of hydrogen-bond donors (Lipinski definition) is 3. The molecule has 5 nitrogen and oxygen atoms in total. The second-order valence-corrected chi connectivity index (χ2v) is 8.62. The predicted molar refractivity (Wildman–Crippen MR) is 115 cm³/mol. The molecule has 1 saturated carbocycles. The van der Waals surface area contributed by atoms with Crippen LogP contribution in [0.5, 0.6) is 0 Å². The van der Waals surface area contributed by atoms with Crippen LogP contribution in [0.25, 0.3) is 0 Å². The smallest absolute Gasteiger partial charge is 0.191 e. The van der Waals surface area contributed by atoms with Gasteiger partial charge < -0.3 is 20.6 Å². The van der Waals surface area contributed by atoms with E-state index in [2.05, 4.69) is 22.5 Å². The maximum atomic E-state index is 9.49. The lowest BCUT2D eigenvalue weighted by atomic mass is 9.72. The fourth-order valence-electron chi connectivity index (χ4n) is 4.64. The summed E-state index contributed by atoms with van der Waals surface area (Å²) in [5.74, 6) is 0.955. The van der Waals surface area contributed by atoms with Crippen molar-refractivity contribution in [1.82, 2.24) is 15.5 Å². The number of likely N-dealkylation sites (tertiary alicyclic amines) is 1. The number of aliphatic hydroxyl groups is 1. The molecule has 158 valence electrons. The third-order valence-electron chi connectivity index (χ3n) is 6.37. The van der Waals surface area contributed by atoms with E-state index in [0.29, 0.717) is 0 Å². The van der Waals surface area contributed by atoms with Gasteiger partial charge in [-0.2, -0.15) is 0 Å². The summed E-state index contributed by atoms with van der Waals surface area (Å²) in [6.07, 6.45) is 15.3. The minimum absolute atomic E-state index is 0.226. The van der Waals surface area contributed by atoms with Crippen LogP contribution in [0.1, 0.15) is 84.0 Å². The zero-order valence-electron chi connectivity index (χ0n) is 17.8. The first-order valence-corrected chi connectivity index (χ1v) is 11.6. The van der Waals surface area contributed by atoms with Crippen molar-refractivity contribution in [2.45, 2.75) is 84.0 Å². The lowest BCUT2D eigenvalue weighted by molar-refractivity contribution is 0.137. The summed E-state index contributed by atoms with van der Waals surface area (Å²) in [6, 6.07) is 0. The lowest BCUT2D eigenvalue weighted by Crippen LogP contribution is -2.39. The third kappa shape index (κ3) is 8.82. The second kappa shape index (κ2) is 13.4. The Kier molecular flexibility index (Phi) is 11.1. The van der Waals surface area contributed by atoms with Crippen molar-refractivity contribution in [2.24, 2.45) is 10.4 Å². The van der Waals surface area contributed by atoms with Gasteiger partial charge in [-0.1, -0.05) is 32.1 Å². The molecule has 0 spiro atoms. The van der Waals surface area contributed by atoms with Gasteiger partial charge in [-0.25, -0.2) is 0 Å². The Morgan fingerprint density at radius 2 is 1.70 bits per heavy atom. The number of unbranched alkanes of at least 4 members (excludes halogenated alkanes) is 2. The quantitative estimate of drug-likeness (QED) is 0.291. The van der Waals surface area contributed by atoms with E-state index in [9.17, 15) is 5.11 Å². The Morgan fingerprint density at radius 1 is 0.963 bits per heavy atom. The van der Waals surface area contributed by atoms with Crippen LogP contribution in [-0.4, -0.2) is 61.8 Å². The molecule has 27 heavy (non-hydrogen) atoms.